The lowest BCUT2D eigenvalue weighted by atomic mass is 10.0. The van der Waals surface area contributed by atoms with E-state index in [-0.39, 0.29) is 89.8 Å². The van der Waals surface area contributed by atoms with E-state index >= 15 is 0 Å². The number of nitrogens with zero attached hydrogens (tertiary/aromatic N) is 1. The van der Waals surface area contributed by atoms with E-state index in [1.807, 2.05) is 6.92 Å². The second kappa shape index (κ2) is 38.9. The van der Waals surface area contributed by atoms with Crippen LogP contribution in [0.5, 0.6) is 0 Å². The van der Waals surface area contributed by atoms with Gasteiger partial charge in [-0.1, -0.05) is 26.7 Å². The third kappa shape index (κ3) is 32.0. The predicted molar refractivity (Wildman–Crippen MR) is 222 cm³/mol. The van der Waals surface area contributed by atoms with E-state index in [2.05, 4.69) is 24.5 Å². The molecule has 0 heterocycles. The summed E-state index contributed by atoms with van der Waals surface area (Å²) in [5.41, 5.74) is 5.99. The molecule has 0 aliphatic rings. The van der Waals surface area contributed by atoms with E-state index in [9.17, 15) is 40.2 Å². The molecule has 60 heavy (non-hydrogen) atoms. The van der Waals surface area contributed by atoms with Crippen LogP contribution in [-0.4, -0.2) is 225 Å². The summed E-state index contributed by atoms with van der Waals surface area (Å²) >= 11 is 0. The minimum atomic E-state index is -1.56. The van der Waals surface area contributed by atoms with E-state index in [1.165, 1.54) is 4.90 Å². The fourth-order valence-corrected chi connectivity index (χ4v) is 5.44. The van der Waals surface area contributed by atoms with Crippen LogP contribution in [0.2, 0.25) is 0 Å². The summed E-state index contributed by atoms with van der Waals surface area (Å²) in [5.74, 6) is 0.175. The van der Waals surface area contributed by atoms with Crippen molar-refractivity contribution < 1.29 is 78.9 Å². The zero-order chi connectivity index (χ0) is 45.0. The van der Waals surface area contributed by atoms with Gasteiger partial charge in [-0.3, -0.25) is 14.5 Å². The second-order valence-corrected chi connectivity index (χ2v) is 15.2. The molecule has 0 aromatic carbocycles. The van der Waals surface area contributed by atoms with Crippen LogP contribution in [0.25, 0.3) is 0 Å². The molecule has 0 bridgehead atoms. The maximum absolute atomic E-state index is 12.1. The summed E-state index contributed by atoms with van der Waals surface area (Å²) in [4.78, 5) is 25.6. The molecule has 0 aromatic heterocycles. The van der Waals surface area contributed by atoms with E-state index in [4.69, 9.17) is 44.4 Å². The fraction of sp³-hybridized carbons (Fsp3) is 0.950. The summed E-state index contributed by atoms with van der Waals surface area (Å²) in [6, 6.07) is -0.422. The Morgan fingerprint density at radius 1 is 0.567 bits per heavy atom. The molecule has 0 aromatic rings. The van der Waals surface area contributed by atoms with E-state index < -0.39 is 42.7 Å². The van der Waals surface area contributed by atoms with Gasteiger partial charge in [0.15, 0.2) is 0 Å². The van der Waals surface area contributed by atoms with Crippen molar-refractivity contribution in [2.75, 3.05) is 119 Å². The SMILES string of the molecule is CC(C)C(C)NC(=O)[C@@H](N)CCCCCNC(=O)CCOCCOCCCOCCOCCOCCOCCN(CC(O)C(O)C(O)CCO)CC(O)C(O)C(O)CCO. The van der Waals surface area contributed by atoms with Gasteiger partial charge in [0.2, 0.25) is 11.8 Å². The lowest BCUT2D eigenvalue weighted by Gasteiger charge is -2.32. The highest BCUT2D eigenvalue weighted by atomic mass is 16.6. The molecule has 0 aliphatic heterocycles. The molecule has 0 radical (unpaired) electrons. The minimum absolute atomic E-state index is 0.0639. The van der Waals surface area contributed by atoms with Crippen molar-refractivity contribution in [3.05, 3.63) is 0 Å². The van der Waals surface area contributed by atoms with Gasteiger partial charge in [-0.05, 0) is 44.9 Å². The minimum Gasteiger partial charge on any atom is -0.396 e. The summed E-state index contributed by atoms with van der Waals surface area (Å²) < 4.78 is 33.1. The summed E-state index contributed by atoms with van der Waals surface area (Å²) in [6.07, 6.45) is -4.87. The van der Waals surface area contributed by atoms with Gasteiger partial charge in [-0.2, -0.15) is 0 Å². The van der Waals surface area contributed by atoms with Crippen LogP contribution in [0.3, 0.4) is 0 Å². The van der Waals surface area contributed by atoms with E-state index in [1.54, 1.807) is 0 Å². The number of ether oxygens (including phenoxy) is 6. The summed E-state index contributed by atoms with van der Waals surface area (Å²) in [6.45, 7) is 10.00. The number of amides is 2. The number of aliphatic hydroxyl groups is 8. The average Bonchev–Trinajstić information content (AvgIpc) is 3.21. The van der Waals surface area contributed by atoms with Crippen LogP contribution >= 0.6 is 0 Å². The van der Waals surface area contributed by atoms with Crippen molar-refractivity contribution in [1.82, 2.24) is 15.5 Å². The predicted octanol–water partition coefficient (Wildman–Crippen LogP) is -2.74. The van der Waals surface area contributed by atoms with Crippen molar-refractivity contribution in [1.29, 1.82) is 0 Å². The van der Waals surface area contributed by atoms with Crippen molar-refractivity contribution in [2.24, 2.45) is 11.7 Å². The first kappa shape index (κ1) is 58.3. The zero-order valence-corrected chi connectivity index (χ0v) is 36.4. The zero-order valence-electron chi connectivity index (χ0n) is 36.4. The van der Waals surface area contributed by atoms with Gasteiger partial charge >= 0.3 is 0 Å². The van der Waals surface area contributed by atoms with Crippen LogP contribution in [-0.2, 0) is 38.0 Å². The maximum atomic E-state index is 12.1. The number of carbonyl (C=O) groups excluding carboxylic acids is 2. The molecular formula is C40H82N4O16. The molecule has 8 atom stereocenters. The first-order chi connectivity index (χ1) is 28.7. The molecule has 0 saturated heterocycles. The number of hydrogen-bond donors (Lipinski definition) is 11. The number of unbranched alkanes of at least 4 members (excludes halogenated alkanes) is 2. The molecule has 0 fully saturated rings. The van der Waals surface area contributed by atoms with Crippen LogP contribution in [0, 0.1) is 5.92 Å². The first-order valence-electron chi connectivity index (χ1n) is 21.6. The van der Waals surface area contributed by atoms with Gasteiger partial charge in [0.05, 0.1) is 96.5 Å². The summed E-state index contributed by atoms with van der Waals surface area (Å²) in [5, 5.41) is 84.8. The Hall–Kier alpha value is -1.70. The van der Waals surface area contributed by atoms with Crippen molar-refractivity contribution in [3.8, 4) is 0 Å². The largest absolute Gasteiger partial charge is 0.396 e. The highest BCUT2D eigenvalue weighted by Gasteiger charge is 2.30. The molecule has 20 heteroatoms. The fourth-order valence-electron chi connectivity index (χ4n) is 5.44. The topological polar surface area (TPSA) is 305 Å². The van der Waals surface area contributed by atoms with Crippen LogP contribution in [0.1, 0.15) is 72.1 Å². The Morgan fingerprint density at radius 3 is 1.48 bits per heavy atom. The van der Waals surface area contributed by atoms with E-state index in [0.29, 0.717) is 84.8 Å². The molecule has 0 rings (SSSR count). The van der Waals surface area contributed by atoms with Gasteiger partial charge in [0.25, 0.3) is 0 Å². The van der Waals surface area contributed by atoms with Crippen molar-refractivity contribution in [2.45, 2.75) is 121 Å². The number of aliphatic hydroxyl groups excluding tert-OH is 8. The lowest BCUT2D eigenvalue weighted by Crippen LogP contribution is -2.50. The Kier molecular flexibility index (Phi) is 37.8. The van der Waals surface area contributed by atoms with E-state index in [0.717, 1.165) is 19.3 Å². The van der Waals surface area contributed by atoms with Gasteiger partial charge < -0.3 is 85.6 Å². The second-order valence-electron chi connectivity index (χ2n) is 15.2. The Balaban J connectivity index is 3.79. The maximum Gasteiger partial charge on any atom is 0.237 e. The Morgan fingerprint density at radius 2 is 1.02 bits per heavy atom. The quantitative estimate of drug-likeness (QED) is 0.0277. The standard InChI is InChI=1S/C40H82N4O16/c1-30(2)31(3)43-40(54)32(41)8-5-4-6-12-42-37(51)11-18-57-22-20-55-16-7-17-56-21-24-59-26-27-60-25-23-58-19-13-44(28-35(49)38(52)33(47)9-14-45)29-36(50)39(53)34(48)10-15-46/h30-36,38-39,45-50,52-53H,4-29,41H2,1-3H3,(H,42,51)(H,43,54)/t31?,32-,33?,34?,35?,36?,38?,39?/m0/s1. The molecular weight excluding hydrogens is 792 g/mol. The van der Waals surface area contributed by atoms with Crippen molar-refractivity contribution in [3.63, 3.8) is 0 Å². The first-order valence-corrected chi connectivity index (χ1v) is 21.6. The van der Waals surface area contributed by atoms with Gasteiger partial charge in [-0.25, -0.2) is 0 Å². The summed E-state index contributed by atoms with van der Waals surface area (Å²) in [7, 11) is 0. The number of hydrogen-bond acceptors (Lipinski definition) is 18. The van der Waals surface area contributed by atoms with Gasteiger partial charge in [-0.15, -0.1) is 0 Å². The lowest BCUT2D eigenvalue weighted by molar-refractivity contribution is -0.123. The molecule has 2 amide bonds. The van der Waals surface area contributed by atoms with Crippen LogP contribution in [0.4, 0.5) is 0 Å². The Labute approximate surface area is 357 Å². The molecule has 0 aliphatic carbocycles. The molecule has 0 saturated carbocycles. The number of carbonyl (C=O) groups is 2. The monoisotopic (exact) mass is 875 g/mol. The van der Waals surface area contributed by atoms with Crippen LogP contribution in [0.15, 0.2) is 0 Å². The van der Waals surface area contributed by atoms with Gasteiger partial charge in [0, 0.05) is 65.1 Å². The molecule has 0 spiro atoms. The molecule has 358 valence electrons. The highest BCUT2D eigenvalue weighted by molar-refractivity contribution is 5.81. The number of nitrogens with two attached hydrogens (primary N) is 1. The molecule has 20 nitrogen and oxygen atoms in total. The van der Waals surface area contributed by atoms with Crippen molar-refractivity contribution >= 4 is 11.8 Å². The van der Waals surface area contributed by atoms with Gasteiger partial charge in [0.1, 0.15) is 12.2 Å². The molecule has 7 unspecified atom stereocenters. The average molecular weight is 875 g/mol. The van der Waals surface area contributed by atoms with Crippen LogP contribution < -0.4 is 16.4 Å². The third-order valence-electron chi connectivity index (χ3n) is 9.63. The third-order valence-corrected chi connectivity index (χ3v) is 9.63. The normalized spacial score (nSPS) is 16.0. The smallest absolute Gasteiger partial charge is 0.237 e. The Bertz CT molecular complexity index is 983. The number of nitrogens with one attached hydrogen (secondary N) is 2. The highest BCUT2D eigenvalue weighted by Crippen LogP contribution is 2.10. The number of rotatable bonds is 43. The molecule has 12 N–H and O–H groups in total.